The summed E-state index contributed by atoms with van der Waals surface area (Å²) in [6.45, 7) is 0.520. The van der Waals surface area contributed by atoms with Crippen LogP contribution in [-0.2, 0) is 28.7 Å². The molecule has 1 fully saturated rings. The molecule has 3 rings (SSSR count). The van der Waals surface area contributed by atoms with Gasteiger partial charge in [0.05, 0.1) is 24.3 Å². The lowest BCUT2D eigenvalue weighted by atomic mass is 10.0. The van der Waals surface area contributed by atoms with Crippen molar-refractivity contribution in [2.24, 2.45) is 0 Å². The zero-order valence-corrected chi connectivity index (χ0v) is 22.6. The Labute approximate surface area is 236 Å². The van der Waals surface area contributed by atoms with Gasteiger partial charge in [-0.05, 0) is 31.4 Å². The quantitative estimate of drug-likeness (QED) is 0.147. The lowest BCUT2D eigenvalue weighted by Crippen LogP contribution is -2.54. The first-order valence-electron chi connectivity index (χ1n) is 13.5. The predicted molar refractivity (Wildman–Crippen MR) is 141 cm³/mol. The summed E-state index contributed by atoms with van der Waals surface area (Å²) in [4.78, 5) is 84.8. The highest BCUT2D eigenvalue weighted by Gasteiger charge is 2.46. The van der Waals surface area contributed by atoms with Gasteiger partial charge in [0.1, 0.15) is 11.8 Å². The van der Waals surface area contributed by atoms with Crippen LogP contribution >= 0.6 is 0 Å². The van der Waals surface area contributed by atoms with E-state index in [0.29, 0.717) is 25.8 Å². The van der Waals surface area contributed by atoms with Gasteiger partial charge in [-0.15, -0.1) is 0 Å². The van der Waals surface area contributed by atoms with Crippen LogP contribution in [0.1, 0.15) is 72.1 Å². The van der Waals surface area contributed by atoms with Crippen LogP contribution in [0.3, 0.4) is 0 Å². The number of carboxylic acid groups (broad SMARTS) is 1. The first kappa shape index (κ1) is 31.2. The van der Waals surface area contributed by atoms with Crippen molar-refractivity contribution in [3.8, 4) is 5.75 Å². The molecule has 6 amide bonds. The normalized spacial score (nSPS) is 16.3. The SMILES string of the molecule is O=C(O)CCCCCCC(=O)NCCOCCNC(=O)COc1cccc2c1C(=O)N(C1CCC(=O)NC1=O)C2=O. The molecule has 0 aromatic heterocycles. The number of nitrogens with zero attached hydrogens (tertiary/aromatic N) is 1. The number of unbranched alkanes of at least 4 members (excludes halogenated alkanes) is 3. The van der Waals surface area contributed by atoms with Crippen molar-refractivity contribution in [2.75, 3.05) is 32.9 Å². The molecule has 2 aliphatic heterocycles. The minimum atomic E-state index is -1.11. The second-order valence-electron chi connectivity index (χ2n) is 9.53. The van der Waals surface area contributed by atoms with Crippen LogP contribution < -0.4 is 20.7 Å². The zero-order valence-electron chi connectivity index (χ0n) is 22.6. The van der Waals surface area contributed by atoms with Gasteiger partial charge in [-0.2, -0.15) is 0 Å². The highest BCUT2D eigenvalue weighted by atomic mass is 16.5. The smallest absolute Gasteiger partial charge is 0.303 e. The van der Waals surface area contributed by atoms with E-state index in [1.807, 2.05) is 0 Å². The van der Waals surface area contributed by atoms with Crippen LogP contribution in [0.2, 0.25) is 0 Å². The molecule has 1 aromatic carbocycles. The van der Waals surface area contributed by atoms with Gasteiger partial charge in [0.25, 0.3) is 17.7 Å². The van der Waals surface area contributed by atoms with Crippen LogP contribution in [-0.4, -0.2) is 90.4 Å². The number of hydrogen-bond donors (Lipinski definition) is 4. The molecule has 4 N–H and O–H groups in total. The molecule has 1 unspecified atom stereocenters. The molecule has 0 bridgehead atoms. The van der Waals surface area contributed by atoms with Gasteiger partial charge in [-0.25, -0.2) is 0 Å². The van der Waals surface area contributed by atoms with Crippen LogP contribution in [0, 0.1) is 0 Å². The topological polar surface area (TPSA) is 198 Å². The molecule has 1 saturated heterocycles. The molecule has 41 heavy (non-hydrogen) atoms. The number of carbonyl (C=O) groups is 7. The Morgan fingerprint density at radius 3 is 2.29 bits per heavy atom. The van der Waals surface area contributed by atoms with Gasteiger partial charge in [0.15, 0.2) is 6.61 Å². The Hall–Kier alpha value is -4.33. The summed E-state index contributed by atoms with van der Waals surface area (Å²) in [5, 5.41) is 16.0. The number of amides is 6. The first-order valence-corrected chi connectivity index (χ1v) is 13.5. The van der Waals surface area contributed by atoms with Crippen molar-refractivity contribution in [3.05, 3.63) is 29.3 Å². The van der Waals surface area contributed by atoms with E-state index in [1.54, 1.807) is 0 Å². The van der Waals surface area contributed by atoms with E-state index in [1.165, 1.54) is 18.2 Å². The molecule has 0 radical (unpaired) electrons. The summed E-state index contributed by atoms with van der Waals surface area (Å²) < 4.78 is 10.9. The summed E-state index contributed by atoms with van der Waals surface area (Å²) in [6, 6.07) is 3.27. The van der Waals surface area contributed by atoms with Crippen molar-refractivity contribution in [2.45, 2.75) is 57.4 Å². The van der Waals surface area contributed by atoms with Gasteiger partial charge in [0.2, 0.25) is 17.7 Å². The average molecular weight is 575 g/mol. The Bertz CT molecular complexity index is 1180. The van der Waals surface area contributed by atoms with E-state index in [2.05, 4.69) is 16.0 Å². The molecule has 2 heterocycles. The third-order valence-corrected chi connectivity index (χ3v) is 6.47. The molecule has 2 aliphatic rings. The summed E-state index contributed by atoms with van der Waals surface area (Å²) in [7, 11) is 0. The number of nitrogens with one attached hydrogen (secondary N) is 3. The maximum absolute atomic E-state index is 13.0. The van der Waals surface area contributed by atoms with Gasteiger partial charge in [-0.1, -0.05) is 18.9 Å². The minimum absolute atomic E-state index is 0.00447. The molecule has 1 atom stereocenters. The highest BCUT2D eigenvalue weighted by molar-refractivity contribution is 6.24. The Morgan fingerprint density at radius 2 is 1.61 bits per heavy atom. The van der Waals surface area contributed by atoms with Gasteiger partial charge in [0, 0.05) is 32.4 Å². The fourth-order valence-electron chi connectivity index (χ4n) is 4.43. The second kappa shape index (κ2) is 15.5. The zero-order chi connectivity index (χ0) is 29.8. The van der Waals surface area contributed by atoms with Crippen LogP contribution in [0.4, 0.5) is 0 Å². The van der Waals surface area contributed by atoms with E-state index >= 15 is 0 Å². The number of piperidine rings is 1. The fraction of sp³-hybridized carbons (Fsp3) is 0.519. The molecular weight excluding hydrogens is 540 g/mol. The number of carbonyl (C=O) groups excluding carboxylic acids is 6. The first-order chi connectivity index (χ1) is 19.7. The molecule has 14 nitrogen and oxygen atoms in total. The summed E-state index contributed by atoms with van der Waals surface area (Å²) in [5.74, 6) is -3.97. The number of rotatable bonds is 17. The second-order valence-corrected chi connectivity index (χ2v) is 9.53. The Kier molecular flexibility index (Phi) is 11.8. The van der Waals surface area contributed by atoms with E-state index in [-0.39, 0.29) is 61.8 Å². The number of carboxylic acids is 1. The largest absolute Gasteiger partial charge is 0.483 e. The molecule has 14 heteroatoms. The molecular formula is C27H34N4O10. The number of benzene rings is 1. The fourth-order valence-corrected chi connectivity index (χ4v) is 4.43. The third-order valence-electron chi connectivity index (χ3n) is 6.47. The average Bonchev–Trinajstić information content (AvgIpc) is 3.18. The lowest BCUT2D eigenvalue weighted by Gasteiger charge is -2.27. The Balaban J connectivity index is 1.31. The molecule has 1 aromatic rings. The predicted octanol–water partition coefficient (Wildman–Crippen LogP) is 0.141. The van der Waals surface area contributed by atoms with Gasteiger partial charge >= 0.3 is 5.97 Å². The van der Waals surface area contributed by atoms with E-state index < -0.39 is 48.2 Å². The van der Waals surface area contributed by atoms with Crippen molar-refractivity contribution in [1.29, 1.82) is 0 Å². The summed E-state index contributed by atoms with van der Waals surface area (Å²) in [6.07, 6.45) is 3.40. The summed E-state index contributed by atoms with van der Waals surface area (Å²) >= 11 is 0. The molecule has 0 saturated carbocycles. The highest BCUT2D eigenvalue weighted by Crippen LogP contribution is 2.33. The summed E-state index contributed by atoms with van der Waals surface area (Å²) in [5.41, 5.74) is 0.00686. The minimum Gasteiger partial charge on any atom is -0.483 e. The van der Waals surface area contributed by atoms with Gasteiger partial charge < -0.3 is 25.2 Å². The maximum Gasteiger partial charge on any atom is 0.303 e. The Morgan fingerprint density at radius 1 is 0.927 bits per heavy atom. The van der Waals surface area contributed by atoms with Crippen LogP contribution in [0.25, 0.3) is 0 Å². The van der Waals surface area contributed by atoms with E-state index in [4.69, 9.17) is 14.6 Å². The number of ether oxygens (including phenoxy) is 2. The molecule has 0 spiro atoms. The third kappa shape index (κ3) is 9.10. The number of fused-ring (bicyclic) bond motifs is 1. The van der Waals surface area contributed by atoms with E-state index in [9.17, 15) is 33.6 Å². The van der Waals surface area contributed by atoms with Crippen LogP contribution in [0.15, 0.2) is 18.2 Å². The van der Waals surface area contributed by atoms with Crippen molar-refractivity contribution in [3.63, 3.8) is 0 Å². The van der Waals surface area contributed by atoms with E-state index in [0.717, 1.165) is 17.7 Å². The number of hydrogen-bond acceptors (Lipinski definition) is 9. The van der Waals surface area contributed by atoms with Crippen molar-refractivity contribution in [1.82, 2.24) is 20.9 Å². The van der Waals surface area contributed by atoms with Crippen molar-refractivity contribution >= 4 is 41.4 Å². The van der Waals surface area contributed by atoms with Crippen molar-refractivity contribution < 1.29 is 48.1 Å². The molecule has 0 aliphatic carbocycles. The number of imide groups is 2. The lowest BCUT2D eigenvalue weighted by molar-refractivity contribution is -0.138. The monoisotopic (exact) mass is 574 g/mol. The maximum atomic E-state index is 13.0. The number of aliphatic carboxylic acids is 1. The molecule has 222 valence electrons. The van der Waals surface area contributed by atoms with Gasteiger partial charge in [-0.3, -0.25) is 43.8 Å². The van der Waals surface area contributed by atoms with Crippen LogP contribution in [0.5, 0.6) is 5.75 Å². The standard InChI is InChI=1S/C27H34N4O10/c32-20(8-3-1-2-4-9-23(35)36)28-12-14-40-15-13-29-22(34)16-41-19-7-5-6-17-24(19)27(39)31(26(17)38)18-10-11-21(33)30-25(18)37/h5-7,18H,1-4,8-16H2,(H,28,32)(H,29,34)(H,35,36)(H,30,33,37).